The fourth-order valence-electron chi connectivity index (χ4n) is 2.13. The first-order valence-corrected chi connectivity index (χ1v) is 6.72. The number of aromatic nitrogens is 1. The largest absolute Gasteiger partial charge is 0.494 e. The number of hydrogen-bond acceptors (Lipinski definition) is 3. The molecule has 3 heteroatoms. The van der Waals surface area contributed by atoms with Gasteiger partial charge in [-0.05, 0) is 31.7 Å². The summed E-state index contributed by atoms with van der Waals surface area (Å²) >= 11 is 0. The van der Waals surface area contributed by atoms with Gasteiger partial charge in [0.2, 0.25) is 0 Å². The minimum absolute atomic E-state index is 0.0638. The highest BCUT2D eigenvalue weighted by Gasteiger charge is 2.17. The van der Waals surface area contributed by atoms with Crippen LogP contribution in [0.25, 0.3) is 0 Å². The minimum atomic E-state index is 0.0638. The molecule has 0 saturated heterocycles. The van der Waals surface area contributed by atoms with Crippen LogP contribution >= 0.6 is 0 Å². The molecule has 0 fully saturated rings. The predicted octanol–water partition coefficient (Wildman–Crippen LogP) is 3.18. The van der Waals surface area contributed by atoms with Gasteiger partial charge in [0.05, 0.1) is 18.3 Å². The zero-order valence-electron chi connectivity index (χ0n) is 11.5. The molecule has 1 N–H and O–H groups in total. The van der Waals surface area contributed by atoms with Gasteiger partial charge >= 0.3 is 0 Å². The van der Waals surface area contributed by atoms with Crippen LogP contribution in [0.15, 0.2) is 48.7 Å². The average molecular weight is 256 g/mol. The molecule has 0 radical (unpaired) electrons. The van der Waals surface area contributed by atoms with Crippen LogP contribution in [0.2, 0.25) is 0 Å². The molecule has 0 spiro atoms. The second kappa shape index (κ2) is 6.90. The summed E-state index contributed by atoms with van der Waals surface area (Å²) in [5.41, 5.74) is 2.14. The Labute approximate surface area is 114 Å². The van der Waals surface area contributed by atoms with Crippen molar-refractivity contribution in [1.82, 2.24) is 10.3 Å². The van der Waals surface area contributed by atoms with Crippen LogP contribution < -0.4 is 10.1 Å². The van der Waals surface area contributed by atoms with E-state index in [1.165, 1.54) is 0 Å². The summed E-state index contributed by atoms with van der Waals surface area (Å²) in [6, 6.07) is 14.2. The zero-order chi connectivity index (χ0) is 13.5. The molecule has 2 rings (SSSR count). The molecule has 1 unspecified atom stereocenters. The highest BCUT2D eigenvalue weighted by molar-refractivity contribution is 5.39. The number of nitrogens with one attached hydrogen (secondary N) is 1. The van der Waals surface area contributed by atoms with Crippen molar-refractivity contribution in [2.75, 3.05) is 13.2 Å². The Bertz CT molecular complexity index is 499. The summed E-state index contributed by atoms with van der Waals surface area (Å²) in [5, 5.41) is 3.47. The maximum absolute atomic E-state index is 5.72. The Morgan fingerprint density at radius 2 is 1.89 bits per heavy atom. The number of hydrogen-bond donors (Lipinski definition) is 1. The van der Waals surface area contributed by atoms with Crippen molar-refractivity contribution in [3.8, 4) is 5.75 Å². The summed E-state index contributed by atoms with van der Waals surface area (Å²) < 4.78 is 5.72. The third kappa shape index (κ3) is 3.32. The van der Waals surface area contributed by atoms with Gasteiger partial charge in [0.15, 0.2) is 0 Å². The lowest BCUT2D eigenvalue weighted by molar-refractivity contribution is 0.333. The van der Waals surface area contributed by atoms with Crippen LogP contribution in [0, 0.1) is 0 Å². The average Bonchev–Trinajstić information content (AvgIpc) is 2.47. The van der Waals surface area contributed by atoms with Crippen molar-refractivity contribution >= 4 is 0 Å². The standard InChI is InChI=1S/C16H20N2O/c1-3-17-16(14-10-7-8-12-18-14)13-9-5-6-11-15(13)19-4-2/h5-12,16-17H,3-4H2,1-2H3. The summed E-state index contributed by atoms with van der Waals surface area (Å²) in [6.07, 6.45) is 1.82. The lowest BCUT2D eigenvalue weighted by atomic mass is 10.0. The molecule has 0 aliphatic heterocycles. The fourth-order valence-corrected chi connectivity index (χ4v) is 2.13. The van der Waals surface area contributed by atoms with Crippen molar-refractivity contribution in [2.24, 2.45) is 0 Å². The van der Waals surface area contributed by atoms with Crippen molar-refractivity contribution < 1.29 is 4.74 Å². The van der Waals surface area contributed by atoms with Crippen molar-refractivity contribution in [3.05, 3.63) is 59.9 Å². The number of ether oxygens (including phenoxy) is 1. The second-order valence-corrected chi connectivity index (χ2v) is 4.22. The van der Waals surface area contributed by atoms with Crippen molar-refractivity contribution in [2.45, 2.75) is 19.9 Å². The molecule has 2 aromatic rings. The van der Waals surface area contributed by atoms with E-state index in [9.17, 15) is 0 Å². The van der Waals surface area contributed by atoms with Crippen LogP contribution in [-0.4, -0.2) is 18.1 Å². The Balaban J connectivity index is 2.39. The molecule has 1 aromatic heterocycles. The second-order valence-electron chi connectivity index (χ2n) is 4.22. The Morgan fingerprint density at radius 1 is 1.11 bits per heavy atom. The van der Waals surface area contributed by atoms with Gasteiger partial charge in [-0.25, -0.2) is 0 Å². The number of para-hydroxylation sites is 1. The van der Waals surface area contributed by atoms with E-state index in [1.807, 2.05) is 49.5 Å². The lowest BCUT2D eigenvalue weighted by Gasteiger charge is -2.20. The highest BCUT2D eigenvalue weighted by Crippen LogP contribution is 2.28. The van der Waals surface area contributed by atoms with E-state index in [0.29, 0.717) is 6.61 Å². The van der Waals surface area contributed by atoms with E-state index in [0.717, 1.165) is 23.6 Å². The molecule has 100 valence electrons. The van der Waals surface area contributed by atoms with Gasteiger partial charge in [-0.3, -0.25) is 4.98 Å². The first-order valence-electron chi connectivity index (χ1n) is 6.72. The van der Waals surface area contributed by atoms with E-state index < -0.39 is 0 Å². The van der Waals surface area contributed by atoms with Crippen molar-refractivity contribution in [3.63, 3.8) is 0 Å². The first kappa shape index (κ1) is 13.6. The molecule has 0 amide bonds. The molecule has 1 atom stereocenters. The molecule has 0 aliphatic carbocycles. The molecule has 0 saturated carbocycles. The van der Waals surface area contributed by atoms with Gasteiger partial charge in [0.1, 0.15) is 5.75 Å². The summed E-state index contributed by atoms with van der Waals surface area (Å²) in [7, 11) is 0. The van der Waals surface area contributed by atoms with Crippen molar-refractivity contribution in [1.29, 1.82) is 0 Å². The molecule has 1 aromatic carbocycles. The van der Waals surface area contributed by atoms with Crippen LogP contribution in [0.1, 0.15) is 31.1 Å². The first-order chi connectivity index (χ1) is 9.36. The van der Waals surface area contributed by atoms with E-state index >= 15 is 0 Å². The summed E-state index contributed by atoms with van der Waals surface area (Å²) in [6.45, 7) is 5.64. The maximum Gasteiger partial charge on any atom is 0.124 e. The van der Waals surface area contributed by atoms with Gasteiger partial charge in [-0.2, -0.15) is 0 Å². The topological polar surface area (TPSA) is 34.2 Å². The third-order valence-electron chi connectivity index (χ3n) is 2.92. The maximum atomic E-state index is 5.72. The van der Waals surface area contributed by atoms with E-state index in [1.54, 1.807) is 0 Å². The SMILES string of the molecule is CCNC(c1ccccn1)c1ccccc1OCC. The quantitative estimate of drug-likeness (QED) is 0.862. The Hall–Kier alpha value is -1.87. The zero-order valence-corrected chi connectivity index (χ0v) is 11.5. The smallest absolute Gasteiger partial charge is 0.124 e. The van der Waals surface area contributed by atoms with Gasteiger partial charge in [-0.15, -0.1) is 0 Å². The van der Waals surface area contributed by atoms with Crippen LogP contribution in [0.3, 0.4) is 0 Å². The third-order valence-corrected chi connectivity index (χ3v) is 2.92. The number of nitrogens with zero attached hydrogens (tertiary/aromatic N) is 1. The normalized spacial score (nSPS) is 12.1. The Morgan fingerprint density at radius 3 is 2.58 bits per heavy atom. The monoisotopic (exact) mass is 256 g/mol. The lowest BCUT2D eigenvalue weighted by Crippen LogP contribution is -2.23. The molecule has 19 heavy (non-hydrogen) atoms. The molecule has 0 bridgehead atoms. The minimum Gasteiger partial charge on any atom is -0.494 e. The molecule has 1 heterocycles. The fraction of sp³-hybridized carbons (Fsp3) is 0.312. The number of pyridine rings is 1. The molecular weight excluding hydrogens is 236 g/mol. The van der Waals surface area contributed by atoms with E-state index in [4.69, 9.17) is 4.74 Å². The van der Waals surface area contributed by atoms with Gasteiger partial charge in [-0.1, -0.05) is 31.2 Å². The van der Waals surface area contributed by atoms with Crippen LogP contribution in [0.5, 0.6) is 5.75 Å². The number of benzene rings is 1. The van der Waals surface area contributed by atoms with Crippen LogP contribution in [-0.2, 0) is 0 Å². The summed E-state index contributed by atoms with van der Waals surface area (Å²) in [5.74, 6) is 0.918. The summed E-state index contributed by atoms with van der Waals surface area (Å²) in [4.78, 5) is 4.46. The molecule has 3 nitrogen and oxygen atoms in total. The highest BCUT2D eigenvalue weighted by atomic mass is 16.5. The van der Waals surface area contributed by atoms with E-state index in [2.05, 4.69) is 23.3 Å². The molecular formula is C16H20N2O. The van der Waals surface area contributed by atoms with Crippen LogP contribution in [0.4, 0.5) is 0 Å². The van der Waals surface area contributed by atoms with E-state index in [-0.39, 0.29) is 6.04 Å². The van der Waals surface area contributed by atoms with Gasteiger partial charge in [0.25, 0.3) is 0 Å². The Kier molecular flexibility index (Phi) is 4.93. The number of rotatable bonds is 6. The van der Waals surface area contributed by atoms with Gasteiger partial charge < -0.3 is 10.1 Å². The van der Waals surface area contributed by atoms with Gasteiger partial charge in [0, 0.05) is 11.8 Å². The predicted molar refractivity (Wildman–Crippen MR) is 77.4 cm³/mol. The molecule has 0 aliphatic rings.